The summed E-state index contributed by atoms with van der Waals surface area (Å²) in [6.45, 7) is 4.16. The highest BCUT2D eigenvalue weighted by Crippen LogP contribution is 2.28. The van der Waals surface area contributed by atoms with Crippen molar-refractivity contribution in [3.63, 3.8) is 0 Å². The summed E-state index contributed by atoms with van der Waals surface area (Å²) in [7, 11) is 1.01. The molecular formula is C22H33F3O3. The minimum absolute atomic E-state index is 0.365. The molecule has 0 bridgehead atoms. The fourth-order valence-corrected chi connectivity index (χ4v) is 3.21. The number of ether oxygens (including phenoxy) is 2. The molecule has 6 heteroatoms. The molecule has 0 amide bonds. The van der Waals surface area contributed by atoms with Gasteiger partial charge in [-0.2, -0.15) is 4.39 Å². The van der Waals surface area contributed by atoms with Gasteiger partial charge in [-0.1, -0.05) is 65.2 Å². The quantitative estimate of drug-likeness (QED) is 0.191. The van der Waals surface area contributed by atoms with Crippen molar-refractivity contribution in [2.75, 3.05) is 7.11 Å². The Kier molecular flexibility index (Phi) is 11.7. The Morgan fingerprint density at radius 3 is 2.07 bits per heavy atom. The second-order valence-corrected chi connectivity index (χ2v) is 7.15. The molecule has 0 aliphatic heterocycles. The van der Waals surface area contributed by atoms with Gasteiger partial charge in [0.1, 0.15) is 11.7 Å². The maximum absolute atomic E-state index is 14.2. The zero-order valence-electron chi connectivity index (χ0n) is 17.3. The average Bonchev–Trinajstić information content (AvgIpc) is 2.67. The molecule has 1 unspecified atom stereocenters. The summed E-state index contributed by atoms with van der Waals surface area (Å²) in [6.07, 6.45) is 11.1. The van der Waals surface area contributed by atoms with Gasteiger partial charge in [0, 0.05) is 0 Å². The molecule has 160 valence electrons. The summed E-state index contributed by atoms with van der Waals surface area (Å²) in [5, 5.41) is 0. The Morgan fingerprint density at radius 2 is 1.50 bits per heavy atom. The second kappa shape index (κ2) is 13.5. The van der Waals surface area contributed by atoms with Crippen molar-refractivity contribution in [3.8, 4) is 5.75 Å². The van der Waals surface area contributed by atoms with Crippen LogP contribution in [0.15, 0.2) is 6.07 Å². The highest BCUT2D eigenvalue weighted by Gasteiger charge is 2.26. The summed E-state index contributed by atoms with van der Waals surface area (Å²) < 4.78 is 51.3. The van der Waals surface area contributed by atoms with Crippen LogP contribution >= 0.6 is 0 Å². The molecule has 0 radical (unpaired) electrons. The van der Waals surface area contributed by atoms with E-state index in [1.54, 1.807) is 0 Å². The number of methoxy groups -OCH3 is 1. The van der Waals surface area contributed by atoms with Gasteiger partial charge in [-0.25, -0.2) is 13.6 Å². The number of unbranched alkanes of at least 4 members (excludes halogenated alkanes) is 7. The molecule has 1 atom stereocenters. The first-order valence-corrected chi connectivity index (χ1v) is 10.4. The molecule has 3 nitrogen and oxygen atoms in total. The van der Waals surface area contributed by atoms with Gasteiger partial charge in [-0.15, -0.1) is 0 Å². The zero-order valence-corrected chi connectivity index (χ0v) is 17.3. The van der Waals surface area contributed by atoms with Crippen LogP contribution in [0.5, 0.6) is 5.75 Å². The standard InChI is InChI=1S/C22H33F3O3/c1-4-6-7-8-9-10-11-12-14-16(13-5-2)28-22(26)17-15-18(23)20(25)21(27-3)19(17)24/h15-16H,4-14H2,1-3H3. The van der Waals surface area contributed by atoms with Gasteiger partial charge in [0.2, 0.25) is 5.82 Å². The van der Waals surface area contributed by atoms with Crippen LogP contribution in [-0.2, 0) is 4.74 Å². The molecular weight excluding hydrogens is 369 g/mol. The predicted molar refractivity (Wildman–Crippen MR) is 104 cm³/mol. The van der Waals surface area contributed by atoms with Crippen LogP contribution in [0.25, 0.3) is 0 Å². The van der Waals surface area contributed by atoms with Gasteiger partial charge < -0.3 is 9.47 Å². The summed E-state index contributed by atoms with van der Waals surface area (Å²) >= 11 is 0. The molecule has 1 rings (SSSR count). The van der Waals surface area contributed by atoms with Gasteiger partial charge in [-0.3, -0.25) is 0 Å². The van der Waals surface area contributed by atoms with Crippen molar-refractivity contribution >= 4 is 5.97 Å². The van der Waals surface area contributed by atoms with E-state index in [1.807, 2.05) is 6.92 Å². The van der Waals surface area contributed by atoms with Crippen molar-refractivity contribution in [1.29, 1.82) is 0 Å². The highest BCUT2D eigenvalue weighted by molar-refractivity contribution is 5.90. The Hall–Kier alpha value is -1.72. The normalized spacial score (nSPS) is 12.1. The zero-order chi connectivity index (χ0) is 20.9. The Morgan fingerprint density at radius 1 is 0.893 bits per heavy atom. The molecule has 28 heavy (non-hydrogen) atoms. The lowest BCUT2D eigenvalue weighted by molar-refractivity contribution is 0.0247. The van der Waals surface area contributed by atoms with Gasteiger partial charge in [0.15, 0.2) is 17.4 Å². The summed E-state index contributed by atoms with van der Waals surface area (Å²) in [6, 6.07) is 0.523. The van der Waals surface area contributed by atoms with Crippen LogP contribution in [0.2, 0.25) is 0 Å². The molecule has 0 fully saturated rings. The third kappa shape index (κ3) is 7.72. The summed E-state index contributed by atoms with van der Waals surface area (Å²) in [4.78, 5) is 12.3. The molecule has 0 saturated carbocycles. The molecule has 0 aliphatic rings. The molecule has 0 aromatic heterocycles. The van der Waals surface area contributed by atoms with Crippen molar-refractivity contribution in [1.82, 2.24) is 0 Å². The van der Waals surface area contributed by atoms with Crippen LogP contribution in [0, 0.1) is 17.5 Å². The Labute approximate surface area is 166 Å². The minimum Gasteiger partial charge on any atom is -0.491 e. The van der Waals surface area contributed by atoms with Crippen molar-refractivity contribution in [2.24, 2.45) is 0 Å². The molecule has 1 aromatic rings. The fourth-order valence-electron chi connectivity index (χ4n) is 3.21. The van der Waals surface area contributed by atoms with E-state index in [-0.39, 0.29) is 6.10 Å². The first-order valence-electron chi connectivity index (χ1n) is 10.4. The third-order valence-corrected chi connectivity index (χ3v) is 4.80. The number of carbonyl (C=O) groups excluding carboxylic acids is 1. The lowest BCUT2D eigenvalue weighted by Gasteiger charge is -2.18. The van der Waals surface area contributed by atoms with Crippen LogP contribution in [0.1, 0.15) is 94.8 Å². The molecule has 0 aliphatic carbocycles. The van der Waals surface area contributed by atoms with Crippen molar-refractivity contribution in [3.05, 3.63) is 29.1 Å². The molecule has 0 heterocycles. The van der Waals surface area contributed by atoms with E-state index in [2.05, 4.69) is 11.7 Å². The van der Waals surface area contributed by atoms with Gasteiger partial charge >= 0.3 is 5.97 Å². The first kappa shape index (κ1) is 24.3. The van der Waals surface area contributed by atoms with Crippen LogP contribution < -0.4 is 4.74 Å². The maximum Gasteiger partial charge on any atom is 0.341 e. The number of benzene rings is 1. The third-order valence-electron chi connectivity index (χ3n) is 4.80. The Bertz CT molecular complexity index is 605. The number of hydrogen-bond acceptors (Lipinski definition) is 3. The van der Waals surface area contributed by atoms with E-state index >= 15 is 0 Å². The number of esters is 1. The average molecular weight is 402 g/mol. The number of rotatable bonds is 14. The molecule has 0 saturated heterocycles. The lowest BCUT2D eigenvalue weighted by Crippen LogP contribution is -2.20. The van der Waals surface area contributed by atoms with Crippen LogP contribution in [0.4, 0.5) is 13.2 Å². The van der Waals surface area contributed by atoms with Gasteiger partial charge in [0.05, 0.1) is 7.11 Å². The second-order valence-electron chi connectivity index (χ2n) is 7.15. The fraction of sp³-hybridized carbons (Fsp3) is 0.682. The molecule has 0 spiro atoms. The van der Waals surface area contributed by atoms with E-state index in [9.17, 15) is 18.0 Å². The largest absolute Gasteiger partial charge is 0.491 e. The number of hydrogen-bond donors (Lipinski definition) is 0. The topological polar surface area (TPSA) is 35.5 Å². The minimum atomic E-state index is -1.46. The molecule has 1 aromatic carbocycles. The lowest BCUT2D eigenvalue weighted by atomic mass is 10.0. The van der Waals surface area contributed by atoms with E-state index in [0.29, 0.717) is 18.9 Å². The van der Waals surface area contributed by atoms with E-state index < -0.39 is 34.7 Å². The monoisotopic (exact) mass is 402 g/mol. The van der Waals surface area contributed by atoms with Gasteiger partial charge in [0.25, 0.3) is 0 Å². The van der Waals surface area contributed by atoms with Crippen molar-refractivity contribution in [2.45, 2.75) is 90.6 Å². The number of halogens is 3. The van der Waals surface area contributed by atoms with E-state index in [4.69, 9.17) is 4.74 Å². The predicted octanol–water partition coefficient (Wildman–Crippen LogP) is 6.97. The van der Waals surface area contributed by atoms with Crippen LogP contribution in [0.3, 0.4) is 0 Å². The maximum atomic E-state index is 14.2. The van der Waals surface area contributed by atoms with Crippen LogP contribution in [-0.4, -0.2) is 19.2 Å². The Balaban J connectivity index is 2.57. The highest BCUT2D eigenvalue weighted by atomic mass is 19.2. The SMILES string of the molecule is CCCCCCCCCCC(CCC)OC(=O)c1cc(F)c(F)c(OC)c1F. The van der Waals surface area contributed by atoms with E-state index in [1.165, 1.54) is 32.1 Å². The molecule has 0 N–H and O–H groups in total. The summed E-state index contributed by atoms with van der Waals surface area (Å²) in [5.41, 5.74) is -0.646. The number of carbonyl (C=O) groups is 1. The summed E-state index contributed by atoms with van der Waals surface area (Å²) in [5.74, 6) is -5.95. The van der Waals surface area contributed by atoms with E-state index in [0.717, 1.165) is 32.8 Å². The van der Waals surface area contributed by atoms with Crippen molar-refractivity contribution < 1.29 is 27.4 Å². The smallest absolute Gasteiger partial charge is 0.341 e. The first-order chi connectivity index (χ1) is 13.5. The van der Waals surface area contributed by atoms with Gasteiger partial charge in [-0.05, 0) is 25.3 Å².